The van der Waals surface area contributed by atoms with E-state index in [-0.39, 0.29) is 16.8 Å². The van der Waals surface area contributed by atoms with Gasteiger partial charge in [0.25, 0.3) is 0 Å². The fourth-order valence-electron chi connectivity index (χ4n) is 0.728. The molecule has 0 saturated heterocycles. The van der Waals surface area contributed by atoms with Gasteiger partial charge in [0.1, 0.15) is 0 Å². The van der Waals surface area contributed by atoms with Crippen LogP contribution in [0.25, 0.3) is 0 Å². The molecular weight excluding hydrogens is 222 g/mol. The maximum atomic E-state index is 11.0. The summed E-state index contributed by atoms with van der Waals surface area (Å²) in [6.07, 6.45) is 0.0881. The van der Waals surface area contributed by atoms with Crippen LogP contribution in [0, 0.1) is 0 Å². The third-order valence-electron chi connectivity index (χ3n) is 1.38. The normalized spacial score (nSPS) is 15.3. The molecule has 0 aromatic rings. The minimum atomic E-state index is -0.133. The van der Waals surface area contributed by atoms with Crippen molar-refractivity contribution in [3.05, 3.63) is 0 Å². The summed E-state index contributed by atoms with van der Waals surface area (Å²) < 4.78 is 5.24. The molecule has 1 amide bonds. The molecular formula is C8H16BrNO2. The summed E-state index contributed by atoms with van der Waals surface area (Å²) in [6, 6.07) is 0. The molecule has 1 N–H and O–H groups in total. The van der Waals surface area contributed by atoms with Crippen molar-refractivity contribution in [2.24, 2.45) is 0 Å². The molecule has 0 aliphatic heterocycles. The minimum Gasteiger partial charge on any atom is -0.377 e. The van der Waals surface area contributed by atoms with Gasteiger partial charge in [0.2, 0.25) is 5.91 Å². The molecule has 0 saturated carbocycles. The van der Waals surface area contributed by atoms with Crippen LogP contribution in [0.5, 0.6) is 0 Å². The maximum Gasteiger partial charge on any atom is 0.233 e. The standard InChI is InChI=1S/C8H16BrNO2/c1-4-12-6(2)5-10-8(11)7(3)9/h6-7H,4-5H2,1-3H3,(H,10,11). The van der Waals surface area contributed by atoms with Crippen LogP contribution in [0.1, 0.15) is 20.8 Å². The first kappa shape index (κ1) is 11.9. The lowest BCUT2D eigenvalue weighted by Crippen LogP contribution is -2.35. The Morgan fingerprint density at radius 2 is 2.17 bits per heavy atom. The quantitative estimate of drug-likeness (QED) is 0.733. The molecule has 2 atom stereocenters. The average molecular weight is 238 g/mol. The van der Waals surface area contributed by atoms with Crippen LogP contribution < -0.4 is 5.32 Å². The van der Waals surface area contributed by atoms with E-state index in [4.69, 9.17) is 4.74 Å². The smallest absolute Gasteiger partial charge is 0.233 e. The number of halogens is 1. The Bertz CT molecular complexity index is 139. The summed E-state index contributed by atoms with van der Waals surface area (Å²) in [6.45, 7) is 6.91. The van der Waals surface area contributed by atoms with E-state index in [1.54, 1.807) is 6.92 Å². The van der Waals surface area contributed by atoms with Crippen molar-refractivity contribution in [3.8, 4) is 0 Å². The molecule has 0 rings (SSSR count). The van der Waals surface area contributed by atoms with E-state index >= 15 is 0 Å². The summed E-state index contributed by atoms with van der Waals surface area (Å²) in [7, 11) is 0. The molecule has 0 heterocycles. The van der Waals surface area contributed by atoms with E-state index < -0.39 is 0 Å². The van der Waals surface area contributed by atoms with Gasteiger partial charge in [-0.2, -0.15) is 0 Å². The topological polar surface area (TPSA) is 38.3 Å². The molecule has 0 radical (unpaired) electrons. The first-order chi connectivity index (χ1) is 5.57. The number of carbonyl (C=O) groups is 1. The summed E-state index contributed by atoms with van der Waals surface area (Å²) in [5, 5.41) is 2.76. The van der Waals surface area contributed by atoms with Crippen LogP contribution >= 0.6 is 15.9 Å². The van der Waals surface area contributed by atoms with Gasteiger partial charge in [0.15, 0.2) is 0 Å². The highest BCUT2D eigenvalue weighted by molar-refractivity contribution is 9.10. The van der Waals surface area contributed by atoms with Crippen molar-refractivity contribution in [3.63, 3.8) is 0 Å². The lowest BCUT2D eigenvalue weighted by atomic mass is 10.3. The molecule has 72 valence electrons. The molecule has 0 spiro atoms. The second-order valence-electron chi connectivity index (χ2n) is 2.63. The molecule has 3 nitrogen and oxygen atoms in total. The summed E-state index contributed by atoms with van der Waals surface area (Å²) >= 11 is 3.18. The zero-order chi connectivity index (χ0) is 9.56. The number of amides is 1. The van der Waals surface area contributed by atoms with Crippen molar-refractivity contribution < 1.29 is 9.53 Å². The SMILES string of the molecule is CCOC(C)CNC(=O)C(C)Br. The van der Waals surface area contributed by atoms with Gasteiger partial charge in [0, 0.05) is 13.2 Å². The van der Waals surface area contributed by atoms with Crippen LogP contribution in [0.4, 0.5) is 0 Å². The number of hydrogen-bond acceptors (Lipinski definition) is 2. The Morgan fingerprint density at radius 3 is 2.58 bits per heavy atom. The van der Waals surface area contributed by atoms with Crippen molar-refractivity contribution in [1.29, 1.82) is 0 Å². The molecule has 0 aromatic heterocycles. The molecule has 0 aromatic carbocycles. The lowest BCUT2D eigenvalue weighted by molar-refractivity contribution is -0.120. The largest absolute Gasteiger partial charge is 0.377 e. The predicted molar refractivity (Wildman–Crippen MR) is 52.5 cm³/mol. The monoisotopic (exact) mass is 237 g/mol. The molecule has 12 heavy (non-hydrogen) atoms. The Kier molecular flexibility index (Phi) is 6.38. The molecule has 0 fully saturated rings. The number of alkyl halides is 1. The van der Waals surface area contributed by atoms with Crippen molar-refractivity contribution in [2.45, 2.75) is 31.7 Å². The van der Waals surface area contributed by atoms with E-state index in [1.807, 2.05) is 13.8 Å². The van der Waals surface area contributed by atoms with E-state index in [0.717, 1.165) is 0 Å². The first-order valence-corrected chi connectivity index (χ1v) is 5.02. The average Bonchev–Trinajstić information content (AvgIpc) is 2.00. The number of rotatable bonds is 5. The van der Waals surface area contributed by atoms with E-state index in [9.17, 15) is 4.79 Å². The fourth-order valence-corrected chi connectivity index (χ4v) is 0.890. The molecule has 0 aliphatic carbocycles. The second kappa shape index (κ2) is 6.43. The third kappa shape index (κ3) is 5.55. The highest BCUT2D eigenvalue weighted by Crippen LogP contribution is 1.96. The maximum absolute atomic E-state index is 11.0. The Labute approximate surface area is 82.0 Å². The zero-order valence-corrected chi connectivity index (χ0v) is 9.35. The second-order valence-corrected chi connectivity index (χ2v) is 4.00. The van der Waals surface area contributed by atoms with Gasteiger partial charge < -0.3 is 10.1 Å². The number of hydrogen-bond donors (Lipinski definition) is 1. The highest BCUT2D eigenvalue weighted by Gasteiger charge is 2.09. The summed E-state index contributed by atoms with van der Waals surface area (Å²) in [4.78, 5) is 10.9. The minimum absolute atomic E-state index is 0.00144. The molecule has 0 bridgehead atoms. The van der Waals surface area contributed by atoms with Crippen LogP contribution in [0.15, 0.2) is 0 Å². The molecule has 4 heteroatoms. The number of nitrogens with one attached hydrogen (secondary N) is 1. The Hall–Kier alpha value is -0.0900. The van der Waals surface area contributed by atoms with Gasteiger partial charge in [-0.15, -0.1) is 0 Å². The first-order valence-electron chi connectivity index (χ1n) is 4.11. The van der Waals surface area contributed by atoms with Crippen LogP contribution in [-0.2, 0) is 9.53 Å². The van der Waals surface area contributed by atoms with Crippen LogP contribution in [-0.4, -0.2) is 30.0 Å². The Morgan fingerprint density at radius 1 is 1.58 bits per heavy atom. The fraction of sp³-hybridized carbons (Fsp3) is 0.875. The lowest BCUT2D eigenvalue weighted by Gasteiger charge is -2.13. The van der Waals surface area contributed by atoms with E-state index in [2.05, 4.69) is 21.2 Å². The van der Waals surface area contributed by atoms with Crippen molar-refractivity contribution in [2.75, 3.05) is 13.2 Å². The van der Waals surface area contributed by atoms with Gasteiger partial charge in [0.05, 0.1) is 10.9 Å². The predicted octanol–water partition coefficient (Wildman–Crippen LogP) is 1.31. The third-order valence-corrected chi connectivity index (χ3v) is 1.79. The molecule has 2 unspecified atom stereocenters. The summed E-state index contributed by atoms with van der Waals surface area (Å²) in [5.74, 6) is 0.00144. The summed E-state index contributed by atoms with van der Waals surface area (Å²) in [5.41, 5.74) is 0. The van der Waals surface area contributed by atoms with Gasteiger partial charge in [-0.3, -0.25) is 4.79 Å². The zero-order valence-electron chi connectivity index (χ0n) is 7.76. The van der Waals surface area contributed by atoms with Crippen LogP contribution in [0.3, 0.4) is 0 Å². The van der Waals surface area contributed by atoms with Gasteiger partial charge in [-0.05, 0) is 20.8 Å². The van der Waals surface area contributed by atoms with Gasteiger partial charge in [-0.1, -0.05) is 15.9 Å². The highest BCUT2D eigenvalue weighted by atomic mass is 79.9. The van der Waals surface area contributed by atoms with Crippen molar-refractivity contribution >= 4 is 21.8 Å². The Balaban J connectivity index is 3.47. The number of carbonyl (C=O) groups excluding carboxylic acids is 1. The van der Waals surface area contributed by atoms with E-state index in [1.165, 1.54) is 0 Å². The van der Waals surface area contributed by atoms with Crippen LogP contribution in [0.2, 0.25) is 0 Å². The van der Waals surface area contributed by atoms with Crippen molar-refractivity contribution in [1.82, 2.24) is 5.32 Å². The van der Waals surface area contributed by atoms with E-state index in [0.29, 0.717) is 13.2 Å². The number of ether oxygens (including phenoxy) is 1. The molecule has 0 aliphatic rings. The van der Waals surface area contributed by atoms with Gasteiger partial charge in [-0.25, -0.2) is 0 Å². The van der Waals surface area contributed by atoms with Gasteiger partial charge >= 0.3 is 0 Å².